The highest BCUT2D eigenvalue weighted by Gasteiger charge is 2.30. The fourth-order valence-corrected chi connectivity index (χ4v) is 3.60. The van der Waals surface area contributed by atoms with Crippen LogP contribution in [0.1, 0.15) is 39.5 Å². The van der Waals surface area contributed by atoms with E-state index in [0.717, 1.165) is 25.4 Å². The van der Waals surface area contributed by atoms with Crippen molar-refractivity contribution < 1.29 is 8.42 Å². The van der Waals surface area contributed by atoms with Crippen LogP contribution >= 0.6 is 0 Å². The van der Waals surface area contributed by atoms with Crippen LogP contribution in [-0.2, 0) is 10.0 Å². The second kappa shape index (κ2) is 5.24. The van der Waals surface area contributed by atoms with Gasteiger partial charge in [-0.05, 0) is 52.0 Å². The van der Waals surface area contributed by atoms with Gasteiger partial charge in [-0.1, -0.05) is 0 Å². The third-order valence-corrected chi connectivity index (χ3v) is 6.08. The summed E-state index contributed by atoms with van der Waals surface area (Å²) in [5.41, 5.74) is 0. The lowest BCUT2D eigenvalue weighted by molar-refractivity contribution is 0.265. The SMILES string of the molecule is CC(C)S(=O)(=O)N1CCC(CNC2CC2)CC1. The molecule has 2 fully saturated rings. The molecule has 0 radical (unpaired) electrons. The molecule has 1 aliphatic heterocycles. The Bertz CT molecular complexity index is 342. The fourth-order valence-electron chi connectivity index (χ4n) is 2.29. The van der Waals surface area contributed by atoms with E-state index in [0.29, 0.717) is 19.0 Å². The van der Waals surface area contributed by atoms with Gasteiger partial charge < -0.3 is 5.32 Å². The topological polar surface area (TPSA) is 49.4 Å². The first-order chi connectivity index (χ1) is 8.00. The lowest BCUT2D eigenvalue weighted by Gasteiger charge is -2.32. The number of hydrogen-bond acceptors (Lipinski definition) is 3. The Kier molecular flexibility index (Phi) is 4.10. The highest BCUT2D eigenvalue weighted by Crippen LogP contribution is 2.23. The van der Waals surface area contributed by atoms with Gasteiger partial charge in [-0.3, -0.25) is 0 Å². The third kappa shape index (κ3) is 3.42. The minimum Gasteiger partial charge on any atom is -0.314 e. The zero-order valence-electron chi connectivity index (χ0n) is 10.9. The summed E-state index contributed by atoms with van der Waals surface area (Å²) >= 11 is 0. The Labute approximate surface area is 105 Å². The molecule has 0 amide bonds. The van der Waals surface area contributed by atoms with E-state index in [1.165, 1.54) is 12.8 Å². The number of hydrogen-bond donors (Lipinski definition) is 1. The van der Waals surface area contributed by atoms with Crippen molar-refractivity contribution in [2.45, 2.75) is 50.8 Å². The Morgan fingerprint density at radius 1 is 1.18 bits per heavy atom. The molecule has 0 aromatic heterocycles. The first-order valence-corrected chi connectivity index (χ1v) is 8.23. The molecule has 2 rings (SSSR count). The normalized spacial score (nSPS) is 24.4. The highest BCUT2D eigenvalue weighted by molar-refractivity contribution is 7.89. The van der Waals surface area contributed by atoms with Crippen molar-refractivity contribution in [3.8, 4) is 0 Å². The molecule has 2 aliphatic rings. The minimum atomic E-state index is -3.03. The molecule has 0 unspecified atom stereocenters. The van der Waals surface area contributed by atoms with Crippen LogP contribution in [0.3, 0.4) is 0 Å². The molecule has 5 heteroatoms. The van der Waals surface area contributed by atoms with Crippen LogP contribution in [0, 0.1) is 5.92 Å². The zero-order chi connectivity index (χ0) is 12.5. The van der Waals surface area contributed by atoms with Crippen molar-refractivity contribution in [1.82, 2.24) is 9.62 Å². The molecule has 1 N–H and O–H groups in total. The Morgan fingerprint density at radius 2 is 1.76 bits per heavy atom. The van der Waals surface area contributed by atoms with Crippen molar-refractivity contribution in [3.05, 3.63) is 0 Å². The van der Waals surface area contributed by atoms with Crippen LogP contribution in [0.5, 0.6) is 0 Å². The molecule has 0 bridgehead atoms. The molecule has 0 aromatic carbocycles. The molecule has 17 heavy (non-hydrogen) atoms. The zero-order valence-corrected chi connectivity index (χ0v) is 11.7. The van der Waals surface area contributed by atoms with Gasteiger partial charge in [0.05, 0.1) is 5.25 Å². The van der Waals surface area contributed by atoms with Crippen molar-refractivity contribution in [2.24, 2.45) is 5.92 Å². The monoisotopic (exact) mass is 260 g/mol. The van der Waals surface area contributed by atoms with E-state index >= 15 is 0 Å². The molecule has 4 nitrogen and oxygen atoms in total. The Morgan fingerprint density at radius 3 is 2.24 bits per heavy atom. The first-order valence-electron chi connectivity index (χ1n) is 6.72. The summed E-state index contributed by atoms with van der Waals surface area (Å²) in [6.07, 6.45) is 4.65. The van der Waals surface area contributed by atoms with Crippen LogP contribution in [0.4, 0.5) is 0 Å². The quantitative estimate of drug-likeness (QED) is 0.808. The maximum atomic E-state index is 12.0. The van der Waals surface area contributed by atoms with Gasteiger partial charge in [0.15, 0.2) is 0 Å². The summed E-state index contributed by atoms with van der Waals surface area (Å²) in [5, 5.41) is 3.25. The Hall–Kier alpha value is -0.130. The summed E-state index contributed by atoms with van der Waals surface area (Å²) in [4.78, 5) is 0. The summed E-state index contributed by atoms with van der Waals surface area (Å²) in [7, 11) is -3.03. The molecule has 1 aliphatic carbocycles. The molecule has 0 aromatic rings. The second-order valence-corrected chi connectivity index (χ2v) is 8.11. The van der Waals surface area contributed by atoms with Gasteiger partial charge in [-0.25, -0.2) is 12.7 Å². The largest absolute Gasteiger partial charge is 0.314 e. The van der Waals surface area contributed by atoms with E-state index in [4.69, 9.17) is 0 Å². The number of rotatable bonds is 5. The van der Waals surface area contributed by atoms with Crippen molar-refractivity contribution in [2.75, 3.05) is 19.6 Å². The average Bonchev–Trinajstić information content (AvgIpc) is 3.10. The summed E-state index contributed by atoms with van der Waals surface area (Å²) < 4.78 is 25.6. The van der Waals surface area contributed by atoms with E-state index in [1.807, 2.05) is 0 Å². The standard InChI is InChI=1S/C12H24N2O2S/c1-10(2)17(15,16)14-7-5-11(6-8-14)9-13-12-3-4-12/h10-13H,3-9H2,1-2H3. The van der Waals surface area contributed by atoms with Gasteiger partial charge in [-0.2, -0.15) is 0 Å². The van der Waals surface area contributed by atoms with Gasteiger partial charge >= 0.3 is 0 Å². The molecule has 0 atom stereocenters. The van der Waals surface area contributed by atoms with Crippen molar-refractivity contribution >= 4 is 10.0 Å². The number of nitrogens with one attached hydrogen (secondary N) is 1. The predicted octanol–water partition coefficient (Wildman–Crippen LogP) is 1.19. The molecular weight excluding hydrogens is 236 g/mol. The summed E-state index contributed by atoms with van der Waals surface area (Å²) in [5.74, 6) is 0.661. The smallest absolute Gasteiger partial charge is 0.216 e. The average molecular weight is 260 g/mol. The van der Waals surface area contributed by atoms with Crippen LogP contribution in [0.15, 0.2) is 0 Å². The lowest BCUT2D eigenvalue weighted by atomic mass is 9.98. The Balaban J connectivity index is 1.76. The van der Waals surface area contributed by atoms with E-state index in [-0.39, 0.29) is 5.25 Å². The maximum absolute atomic E-state index is 12.0. The van der Waals surface area contributed by atoms with E-state index < -0.39 is 10.0 Å². The number of sulfonamides is 1. The molecule has 1 saturated heterocycles. The number of nitrogens with zero attached hydrogens (tertiary/aromatic N) is 1. The van der Waals surface area contributed by atoms with Gasteiger partial charge in [0.25, 0.3) is 0 Å². The number of piperidine rings is 1. The lowest BCUT2D eigenvalue weighted by Crippen LogP contribution is -2.43. The second-order valence-electron chi connectivity index (χ2n) is 5.62. The van der Waals surface area contributed by atoms with Crippen LogP contribution in [0.25, 0.3) is 0 Å². The highest BCUT2D eigenvalue weighted by atomic mass is 32.2. The first kappa shape index (κ1) is 13.3. The maximum Gasteiger partial charge on any atom is 0.216 e. The van der Waals surface area contributed by atoms with Crippen LogP contribution in [0.2, 0.25) is 0 Å². The molecule has 1 saturated carbocycles. The van der Waals surface area contributed by atoms with E-state index in [1.54, 1.807) is 18.2 Å². The van der Waals surface area contributed by atoms with Gasteiger partial charge in [-0.15, -0.1) is 0 Å². The van der Waals surface area contributed by atoms with Crippen molar-refractivity contribution in [1.29, 1.82) is 0 Å². The fraction of sp³-hybridized carbons (Fsp3) is 1.00. The molecule has 100 valence electrons. The summed E-state index contributed by atoms with van der Waals surface area (Å²) in [6, 6.07) is 0.757. The van der Waals surface area contributed by atoms with Crippen molar-refractivity contribution in [3.63, 3.8) is 0 Å². The van der Waals surface area contributed by atoms with E-state index in [9.17, 15) is 8.42 Å². The predicted molar refractivity (Wildman–Crippen MR) is 69.4 cm³/mol. The molecule has 0 spiro atoms. The van der Waals surface area contributed by atoms with Crippen LogP contribution in [-0.4, -0.2) is 43.6 Å². The molecular formula is C12H24N2O2S. The van der Waals surface area contributed by atoms with E-state index in [2.05, 4.69) is 5.32 Å². The van der Waals surface area contributed by atoms with Gasteiger partial charge in [0, 0.05) is 19.1 Å². The summed E-state index contributed by atoms with van der Waals surface area (Å²) in [6.45, 7) is 6.00. The minimum absolute atomic E-state index is 0.288. The van der Waals surface area contributed by atoms with Gasteiger partial charge in [0.1, 0.15) is 0 Å². The molecule has 1 heterocycles. The van der Waals surface area contributed by atoms with Gasteiger partial charge in [0.2, 0.25) is 10.0 Å². The third-order valence-electron chi connectivity index (χ3n) is 3.80. The van der Waals surface area contributed by atoms with Crippen LogP contribution < -0.4 is 5.32 Å².